The van der Waals surface area contributed by atoms with Crippen molar-refractivity contribution in [2.75, 3.05) is 0 Å². The molecule has 0 aliphatic carbocycles. The third-order valence-electron chi connectivity index (χ3n) is 4.08. The molecule has 0 amide bonds. The Morgan fingerprint density at radius 3 is 2.68 bits per heavy atom. The molecule has 8 heteroatoms. The van der Waals surface area contributed by atoms with Crippen LogP contribution in [0, 0.1) is 0 Å². The van der Waals surface area contributed by atoms with Crippen molar-refractivity contribution in [1.29, 1.82) is 0 Å². The van der Waals surface area contributed by atoms with Crippen LogP contribution in [0.1, 0.15) is 41.7 Å². The number of hydrogen-bond donors (Lipinski definition) is 0. The highest BCUT2D eigenvalue weighted by molar-refractivity contribution is 7.20. The van der Waals surface area contributed by atoms with E-state index in [1.807, 2.05) is 41.8 Å². The largest absolute Gasteiger partial charge is 0.451 e. The third-order valence-corrected chi connectivity index (χ3v) is 5.96. The summed E-state index contributed by atoms with van der Waals surface area (Å²) >= 11 is 2.99. The van der Waals surface area contributed by atoms with Crippen LogP contribution in [-0.2, 0) is 11.3 Å². The van der Waals surface area contributed by atoms with E-state index in [9.17, 15) is 4.79 Å². The number of nitrogens with zero attached hydrogens (tertiary/aromatic N) is 3. The molecule has 3 heterocycles. The highest BCUT2D eigenvalue weighted by Crippen LogP contribution is 2.28. The van der Waals surface area contributed by atoms with Crippen LogP contribution >= 0.6 is 22.7 Å². The van der Waals surface area contributed by atoms with Gasteiger partial charge in [0.1, 0.15) is 5.01 Å². The SMILES string of the molecule is CC(C)c1ccc(-c2noc(COC(=O)c3csc(-c4cccs4)n3)n2)cc1. The van der Waals surface area contributed by atoms with Crippen LogP contribution in [0.25, 0.3) is 21.3 Å². The smallest absolute Gasteiger partial charge is 0.358 e. The molecule has 4 rings (SSSR count). The van der Waals surface area contributed by atoms with Crippen molar-refractivity contribution in [3.05, 3.63) is 64.3 Å². The van der Waals surface area contributed by atoms with Crippen molar-refractivity contribution in [2.24, 2.45) is 0 Å². The summed E-state index contributed by atoms with van der Waals surface area (Å²) in [7, 11) is 0. The molecule has 0 aliphatic heterocycles. The number of hydrogen-bond acceptors (Lipinski definition) is 8. The fraction of sp³-hybridized carbons (Fsp3) is 0.200. The lowest BCUT2D eigenvalue weighted by molar-refractivity contribution is 0.0424. The summed E-state index contributed by atoms with van der Waals surface area (Å²) in [5.74, 6) is 0.653. The Bertz CT molecular complexity index is 1070. The van der Waals surface area contributed by atoms with Gasteiger partial charge in [0.05, 0.1) is 4.88 Å². The zero-order valence-corrected chi connectivity index (χ0v) is 16.9. The number of carbonyl (C=O) groups is 1. The van der Waals surface area contributed by atoms with Crippen LogP contribution in [0.5, 0.6) is 0 Å². The summed E-state index contributed by atoms with van der Waals surface area (Å²) in [5.41, 5.74) is 2.37. The molecule has 0 fully saturated rings. The first kappa shape index (κ1) is 18.5. The summed E-state index contributed by atoms with van der Waals surface area (Å²) in [4.78, 5) is 21.9. The van der Waals surface area contributed by atoms with Crippen molar-refractivity contribution in [2.45, 2.75) is 26.4 Å². The van der Waals surface area contributed by atoms with Crippen LogP contribution in [0.4, 0.5) is 0 Å². The van der Waals surface area contributed by atoms with Crippen LogP contribution < -0.4 is 0 Å². The molecule has 28 heavy (non-hydrogen) atoms. The number of rotatable bonds is 6. The first-order chi connectivity index (χ1) is 13.6. The van der Waals surface area contributed by atoms with Gasteiger partial charge < -0.3 is 9.26 Å². The van der Waals surface area contributed by atoms with Gasteiger partial charge in [0, 0.05) is 10.9 Å². The van der Waals surface area contributed by atoms with E-state index in [2.05, 4.69) is 29.0 Å². The Labute approximate surface area is 169 Å². The quantitative estimate of drug-likeness (QED) is 0.395. The fourth-order valence-electron chi connectivity index (χ4n) is 2.53. The Balaban J connectivity index is 1.38. The maximum Gasteiger partial charge on any atom is 0.358 e. The van der Waals surface area contributed by atoms with Gasteiger partial charge in [-0.2, -0.15) is 4.98 Å². The van der Waals surface area contributed by atoms with Gasteiger partial charge in [-0.05, 0) is 22.9 Å². The summed E-state index contributed by atoms with van der Waals surface area (Å²) in [5, 5.41) is 8.42. The van der Waals surface area contributed by atoms with Crippen molar-refractivity contribution in [1.82, 2.24) is 15.1 Å². The van der Waals surface area contributed by atoms with Gasteiger partial charge >= 0.3 is 5.97 Å². The lowest BCUT2D eigenvalue weighted by Crippen LogP contribution is -2.05. The van der Waals surface area contributed by atoms with Crippen molar-refractivity contribution < 1.29 is 14.1 Å². The summed E-state index contributed by atoms with van der Waals surface area (Å²) in [6, 6.07) is 11.9. The van der Waals surface area contributed by atoms with Gasteiger partial charge in [-0.3, -0.25) is 0 Å². The van der Waals surface area contributed by atoms with Gasteiger partial charge in [0.25, 0.3) is 5.89 Å². The Hall–Kier alpha value is -2.84. The van der Waals surface area contributed by atoms with Crippen LogP contribution in [0.2, 0.25) is 0 Å². The van der Waals surface area contributed by atoms with E-state index in [4.69, 9.17) is 9.26 Å². The second-order valence-electron chi connectivity index (χ2n) is 6.38. The zero-order valence-electron chi connectivity index (χ0n) is 15.3. The first-order valence-electron chi connectivity index (χ1n) is 8.69. The zero-order chi connectivity index (χ0) is 19.5. The van der Waals surface area contributed by atoms with Crippen LogP contribution in [0.15, 0.2) is 51.7 Å². The summed E-state index contributed by atoms with van der Waals surface area (Å²) in [6.45, 7) is 4.19. The van der Waals surface area contributed by atoms with E-state index < -0.39 is 5.97 Å². The van der Waals surface area contributed by atoms with Crippen molar-refractivity contribution in [3.63, 3.8) is 0 Å². The molecular formula is C20H17N3O3S2. The molecule has 3 aromatic heterocycles. The summed E-state index contributed by atoms with van der Waals surface area (Å²) < 4.78 is 10.4. The lowest BCUT2D eigenvalue weighted by Gasteiger charge is -2.04. The third kappa shape index (κ3) is 4.02. The highest BCUT2D eigenvalue weighted by Gasteiger charge is 2.16. The minimum Gasteiger partial charge on any atom is -0.451 e. The Kier molecular flexibility index (Phi) is 5.31. The Morgan fingerprint density at radius 2 is 1.96 bits per heavy atom. The first-order valence-corrected chi connectivity index (χ1v) is 10.5. The molecule has 6 nitrogen and oxygen atoms in total. The van der Waals surface area contributed by atoms with Gasteiger partial charge in [-0.25, -0.2) is 9.78 Å². The van der Waals surface area contributed by atoms with E-state index in [0.29, 0.717) is 11.7 Å². The van der Waals surface area contributed by atoms with Gasteiger partial charge in [-0.15, -0.1) is 22.7 Å². The average Bonchev–Trinajstić information content (AvgIpc) is 3.47. The number of ether oxygens (including phenoxy) is 1. The number of benzene rings is 1. The van der Waals surface area contributed by atoms with Crippen LogP contribution in [-0.4, -0.2) is 21.1 Å². The standard InChI is InChI=1S/C20H17N3O3S2/c1-12(2)13-5-7-14(8-6-13)18-22-17(26-23-18)10-25-20(24)15-11-28-19(21-15)16-4-3-9-27-16/h3-9,11-12H,10H2,1-2H3. The number of thiophene rings is 1. The predicted molar refractivity (Wildman–Crippen MR) is 108 cm³/mol. The van der Waals surface area contributed by atoms with Gasteiger partial charge in [-0.1, -0.05) is 49.3 Å². The van der Waals surface area contributed by atoms with Gasteiger partial charge in [0.2, 0.25) is 5.82 Å². The number of esters is 1. The minimum absolute atomic E-state index is 0.0955. The molecule has 4 aromatic rings. The second-order valence-corrected chi connectivity index (χ2v) is 8.19. The predicted octanol–water partition coefficient (Wildman–Crippen LogP) is 5.40. The van der Waals surface area contributed by atoms with E-state index in [1.54, 1.807) is 16.7 Å². The lowest BCUT2D eigenvalue weighted by atomic mass is 10.0. The van der Waals surface area contributed by atoms with Gasteiger partial charge in [0.15, 0.2) is 12.3 Å². The molecule has 0 unspecified atom stereocenters. The molecule has 0 spiro atoms. The highest BCUT2D eigenvalue weighted by atomic mass is 32.1. The fourth-order valence-corrected chi connectivity index (χ4v) is 4.13. The molecule has 0 radical (unpaired) electrons. The second kappa shape index (κ2) is 8.04. The monoisotopic (exact) mass is 411 g/mol. The van der Waals surface area contributed by atoms with Crippen molar-refractivity contribution >= 4 is 28.6 Å². The molecule has 1 aromatic carbocycles. The van der Waals surface area contributed by atoms with Crippen molar-refractivity contribution in [3.8, 4) is 21.3 Å². The molecular weight excluding hydrogens is 394 g/mol. The average molecular weight is 412 g/mol. The number of aromatic nitrogens is 3. The molecule has 142 valence electrons. The normalized spacial score (nSPS) is 11.1. The van der Waals surface area contributed by atoms with Crippen LogP contribution in [0.3, 0.4) is 0 Å². The topological polar surface area (TPSA) is 78.1 Å². The summed E-state index contributed by atoms with van der Waals surface area (Å²) in [6.07, 6.45) is 0. The Morgan fingerprint density at radius 1 is 1.14 bits per heavy atom. The molecule has 0 atom stereocenters. The van der Waals surface area contributed by atoms with E-state index in [-0.39, 0.29) is 18.2 Å². The van der Waals surface area contributed by atoms with E-state index in [0.717, 1.165) is 15.4 Å². The molecule has 0 N–H and O–H groups in total. The maximum atomic E-state index is 12.2. The molecule has 0 bridgehead atoms. The maximum absolute atomic E-state index is 12.2. The molecule has 0 saturated carbocycles. The number of thiazole rings is 1. The molecule has 0 aliphatic rings. The number of carbonyl (C=O) groups excluding carboxylic acids is 1. The molecule has 0 saturated heterocycles. The van der Waals surface area contributed by atoms with E-state index in [1.165, 1.54) is 16.9 Å². The van der Waals surface area contributed by atoms with E-state index >= 15 is 0 Å². The minimum atomic E-state index is -0.514.